The van der Waals surface area contributed by atoms with Gasteiger partial charge in [-0.1, -0.05) is 174 Å². The third kappa shape index (κ3) is 9.34. The summed E-state index contributed by atoms with van der Waals surface area (Å²) in [7, 11) is 0. The average Bonchev–Trinajstić information content (AvgIpc) is 3.87. The SMILES string of the molecule is CC(C)(C)c1cccc(-c2cccc3c2N(c2cc(C(C)(C)C)cc(C(C)(C)C)c2)[CH-]N3c2[c-]c(Oc3[c-]c4c(cc3)c3cc(-c5ccccc5)ccc3n4-c3cc(C(C)(C)C)ccn3)ccc2)c1.[Pt]. The smallest absolute Gasteiger partial charge is 0.135 e. The minimum Gasteiger partial charge on any atom is -0.509 e. The maximum Gasteiger partial charge on any atom is 0.135 e. The Bertz CT molecular complexity index is 3360. The van der Waals surface area contributed by atoms with E-state index < -0.39 is 0 Å². The van der Waals surface area contributed by atoms with Crippen molar-refractivity contribution in [3.05, 3.63) is 199 Å². The molecule has 10 rings (SSSR count). The number of rotatable bonds is 7. The van der Waals surface area contributed by atoms with Crippen molar-refractivity contribution < 1.29 is 25.8 Å². The number of hydrogen-bond acceptors (Lipinski definition) is 4. The molecule has 6 heteroatoms. The maximum absolute atomic E-state index is 6.79. The van der Waals surface area contributed by atoms with E-state index >= 15 is 0 Å². The van der Waals surface area contributed by atoms with Gasteiger partial charge in [0.05, 0.1) is 0 Å². The van der Waals surface area contributed by atoms with Crippen LogP contribution in [0, 0.1) is 18.8 Å². The second-order valence-corrected chi connectivity index (χ2v) is 22.8. The Hall–Kier alpha value is -6.42. The summed E-state index contributed by atoms with van der Waals surface area (Å²) in [6, 6.07) is 62.1. The third-order valence-electron chi connectivity index (χ3n) is 13.5. The van der Waals surface area contributed by atoms with E-state index in [0.717, 1.165) is 55.9 Å². The van der Waals surface area contributed by atoms with Crippen LogP contribution in [0.5, 0.6) is 11.5 Å². The van der Waals surface area contributed by atoms with Crippen molar-refractivity contribution in [3.63, 3.8) is 0 Å². The molecule has 0 aliphatic carbocycles. The van der Waals surface area contributed by atoms with Gasteiger partial charge in [-0.2, -0.15) is 12.1 Å². The molecule has 5 nitrogen and oxygen atoms in total. The van der Waals surface area contributed by atoms with E-state index in [1.54, 1.807) is 0 Å². The molecule has 1 aliphatic heterocycles. The van der Waals surface area contributed by atoms with E-state index in [4.69, 9.17) is 9.72 Å². The molecule has 0 unspecified atom stereocenters. The van der Waals surface area contributed by atoms with Crippen LogP contribution in [0.15, 0.2) is 158 Å². The second-order valence-electron chi connectivity index (χ2n) is 22.8. The van der Waals surface area contributed by atoms with Gasteiger partial charge in [-0.3, -0.25) is 0 Å². The number of hydrogen-bond donors (Lipinski definition) is 0. The van der Waals surface area contributed by atoms with Crippen LogP contribution in [-0.2, 0) is 42.7 Å². The predicted octanol–water partition coefficient (Wildman–Crippen LogP) is 17.5. The van der Waals surface area contributed by atoms with Crippen LogP contribution < -0.4 is 14.5 Å². The summed E-state index contributed by atoms with van der Waals surface area (Å²) in [6.45, 7) is 29.6. The van der Waals surface area contributed by atoms with Crippen molar-refractivity contribution in [1.29, 1.82) is 0 Å². The molecule has 3 heterocycles. The van der Waals surface area contributed by atoms with Crippen LogP contribution >= 0.6 is 0 Å². The Morgan fingerprint density at radius 2 is 1.13 bits per heavy atom. The van der Waals surface area contributed by atoms with Gasteiger partial charge in [0.15, 0.2) is 0 Å². The number of pyridine rings is 1. The fourth-order valence-corrected chi connectivity index (χ4v) is 9.40. The van der Waals surface area contributed by atoms with E-state index in [1.165, 1.54) is 38.9 Å². The van der Waals surface area contributed by atoms with Crippen LogP contribution in [0.4, 0.5) is 22.7 Å². The molecule has 0 atom stereocenters. The molecule has 0 bridgehead atoms. The largest absolute Gasteiger partial charge is 0.509 e. The minimum atomic E-state index is -0.0509. The summed E-state index contributed by atoms with van der Waals surface area (Å²) in [4.78, 5) is 9.58. The monoisotopic (exact) mass is 1100 g/mol. The minimum absolute atomic E-state index is 0. The first kappa shape index (κ1) is 48.6. The number of ether oxygens (including phenoxy) is 1. The predicted molar refractivity (Wildman–Crippen MR) is 290 cm³/mol. The van der Waals surface area contributed by atoms with Crippen molar-refractivity contribution in [2.75, 3.05) is 9.80 Å². The van der Waals surface area contributed by atoms with Gasteiger partial charge in [-0.25, -0.2) is 4.98 Å². The molecule has 70 heavy (non-hydrogen) atoms. The number of nitrogens with zero attached hydrogens (tertiary/aromatic N) is 4. The average molecular weight is 1100 g/mol. The van der Waals surface area contributed by atoms with E-state index in [9.17, 15) is 0 Å². The number of aromatic nitrogens is 2. The molecule has 0 fully saturated rings. The molecule has 0 radical (unpaired) electrons. The van der Waals surface area contributed by atoms with Crippen molar-refractivity contribution in [2.24, 2.45) is 0 Å². The summed E-state index contributed by atoms with van der Waals surface area (Å²) in [5.74, 6) is 2.03. The van der Waals surface area contributed by atoms with Gasteiger partial charge < -0.3 is 19.1 Å². The molecule has 1 aliphatic rings. The van der Waals surface area contributed by atoms with Crippen LogP contribution in [-0.4, -0.2) is 9.55 Å². The molecule has 0 amide bonds. The molecule has 0 saturated heterocycles. The van der Waals surface area contributed by atoms with Gasteiger partial charge >= 0.3 is 0 Å². The summed E-state index contributed by atoms with van der Waals surface area (Å²) in [6.07, 6.45) is 1.91. The van der Waals surface area contributed by atoms with Gasteiger partial charge in [0.2, 0.25) is 0 Å². The normalized spacial score (nSPS) is 13.2. The first-order valence-electron chi connectivity index (χ1n) is 24.3. The van der Waals surface area contributed by atoms with Crippen LogP contribution in [0.3, 0.4) is 0 Å². The van der Waals surface area contributed by atoms with Gasteiger partial charge in [0, 0.05) is 66.9 Å². The van der Waals surface area contributed by atoms with E-state index in [1.807, 2.05) is 18.3 Å². The first-order chi connectivity index (χ1) is 32.7. The van der Waals surface area contributed by atoms with Gasteiger partial charge in [-0.15, -0.1) is 48.1 Å². The quantitative estimate of drug-likeness (QED) is 0.149. The molecule has 0 N–H and O–H groups in total. The molecule has 7 aromatic carbocycles. The first-order valence-corrected chi connectivity index (χ1v) is 24.3. The van der Waals surface area contributed by atoms with Gasteiger partial charge in [-0.05, 0) is 102 Å². The van der Waals surface area contributed by atoms with Crippen molar-refractivity contribution in [2.45, 2.75) is 105 Å². The number of fused-ring (bicyclic) bond motifs is 4. The molecule has 9 aromatic rings. The maximum atomic E-state index is 6.79. The Kier molecular flexibility index (Phi) is 12.5. The summed E-state index contributed by atoms with van der Waals surface area (Å²) in [5.41, 5.74) is 15.8. The Morgan fingerprint density at radius 1 is 0.486 bits per heavy atom. The van der Waals surface area contributed by atoms with Crippen molar-refractivity contribution in [3.8, 4) is 39.6 Å². The zero-order valence-electron chi connectivity index (χ0n) is 42.6. The Morgan fingerprint density at radius 3 is 1.83 bits per heavy atom. The third-order valence-corrected chi connectivity index (χ3v) is 13.5. The molecule has 0 spiro atoms. The molecule has 0 saturated carbocycles. The zero-order valence-corrected chi connectivity index (χ0v) is 44.9. The Balaban J connectivity index is 0.00000608. The molecule has 2 aromatic heterocycles. The van der Waals surface area contributed by atoms with Gasteiger partial charge in [0.25, 0.3) is 0 Å². The van der Waals surface area contributed by atoms with Gasteiger partial charge in [0.1, 0.15) is 5.82 Å². The molecular formula is C64H63N4OPt-3. The Labute approximate surface area is 430 Å². The fraction of sp³-hybridized carbons (Fsp3) is 0.250. The summed E-state index contributed by atoms with van der Waals surface area (Å²) < 4.78 is 9.01. The number of benzene rings is 7. The van der Waals surface area contributed by atoms with Crippen LogP contribution in [0.25, 0.3) is 49.9 Å². The second kappa shape index (κ2) is 18.1. The standard InChI is InChI=1S/C64H63N4O.Pt/c1-61(2,3)45-22-16-21-44(33-45)53-25-18-26-57-60(53)67(50-36-47(63(7,8)9)35-48(37-50)64(10,11)12)41-66(57)49-23-17-24-51(39-49)69-52-28-29-54-55-34-43(42-19-14-13-15-20-42)27-30-56(55)68(58(54)40-52)59-38-46(31-32-65-59)62(4,5)6;/h13-38,41H,1-12H3;/q-3;. The van der Waals surface area contributed by atoms with E-state index in [2.05, 4.69) is 256 Å². The summed E-state index contributed by atoms with van der Waals surface area (Å²) in [5, 5.41) is 2.21. The van der Waals surface area contributed by atoms with Crippen molar-refractivity contribution in [1.82, 2.24) is 9.55 Å². The fourth-order valence-electron chi connectivity index (χ4n) is 9.40. The zero-order chi connectivity index (χ0) is 48.6. The van der Waals surface area contributed by atoms with Crippen LogP contribution in [0.1, 0.15) is 105 Å². The van der Waals surface area contributed by atoms with Crippen LogP contribution in [0.2, 0.25) is 0 Å². The molecular weight excluding hydrogens is 1040 g/mol. The van der Waals surface area contributed by atoms with E-state index in [0.29, 0.717) is 11.5 Å². The molecule has 358 valence electrons. The van der Waals surface area contributed by atoms with E-state index in [-0.39, 0.29) is 42.7 Å². The number of para-hydroxylation sites is 1. The van der Waals surface area contributed by atoms with Crippen molar-refractivity contribution >= 4 is 44.6 Å². The topological polar surface area (TPSA) is 33.5 Å². The summed E-state index contributed by atoms with van der Waals surface area (Å²) >= 11 is 0. The number of anilines is 4.